The fourth-order valence-corrected chi connectivity index (χ4v) is 7.95. The molecule has 4 aliphatic rings. The zero-order valence-corrected chi connectivity index (χ0v) is 25.7. The van der Waals surface area contributed by atoms with E-state index in [2.05, 4.69) is 19.8 Å². The number of benzene rings is 2. The van der Waals surface area contributed by atoms with Crippen LogP contribution in [0.2, 0.25) is 0 Å². The van der Waals surface area contributed by atoms with Crippen molar-refractivity contribution >= 4 is 38.7 Å². The van der Waals surface area contributed by atoms with Gasteiger partial charge < -0.3 is 25.1 Å². The summed E-state index contributed by atoms with van der Waals surface area (Å²) >= 11 is 0. The summed E-state index contributed by atoms with van der Waals surface area (Å²) in [6.07, 6.45) is 4.82. The summed E-state index contributed by atoms with van der Waals surface area (Å²) in [5.74, 6) is -3.02. The van der Waals surface area contributed by atoms with Crippen LogP contribution in [0, 0.1) is 5.41 Å². The molecule has 1 atom stereocenters. The maximum atomic E-state index is 14.0. The van der Waals surface area contributed by atoms with Crippen LogP contribution < -0.4 is 24.7 Å². The minimum Gasteiger partial charge on any atom is -0.395 e. The zero-order chi connectivity index (χ0) is 30.6. The molecule has 3 N–H and O–H groups in total. The van der Waals surface area contributed by atoms with Crippen LogP contribution in [0.1, 0.15) is 61.4 Å². The number of anilines is 4. The normalized spacial score (nSPS) is 21.6. The van der Waals surface area contributed by atoms with Crippen molar-refractivity contribution in [3.63, 3.8) is 0 Å². The number of carbonyl (C=O) groups excluding carboxylic acids is 1. The van der Waals surface area contributed by atoms with E-state index in [-0.39, 0.29) is 43.3 Å². The van der Waals surface area contributed by atoms with Gasteiger partial charge in [-0.25, -0.2) is 21.9 Å². The number of carbonyl (C=O) groups is 1. The first kappa shape index (κ1) is 30.1. The first-order valence-corrected chi connectivity index (χ1v) is 16.7. The summed E-state index contributed by atoms with van der Waals surface area (Å²) in [5.41, 5.74) is 4.84. The summed E-state index contributed by atoms with van der Waals surface area (Å²) in [7, 11) is -1.92. The van der Waals surface area contributed by atoms with Crippen molar-refractivity contribution < 1.29 is 27.1 Å². The predicted octanol–water partition coefficient (Wildman–Crippen LogP) is 4.21. The number of alkyl halides is 2. The van der Waals surface area contributed by atoms with Gasteiger partial charge in [0.2, 0.25) is 10.0 Å². The van der Waals surface area contributed by atoms with Crippen molar-refractivity contribution in [1.29, 1.82) is 0 Å². The van der Waals surface area contributed by atoms with Crippen LogP contribution in [0.4, 0.5) is 31.5 Å². The summed E-state index contributed by atoms with van der Waals surface area (Å²) in [6, 6.07) is 7.71. The van der Waals surface area contributed by atoms with E-state index >= 15 is 0 Å². The maximum absolute atomic E-state index is 14.0. The summed E-state index contributed by atoms with van der Waals surface area (Å²) < 4.78 is 56.6. The number of likely N-dealkylation sites (N-methyl/N-ethyl adjacent to an activating group) is 1. The molecule has 0 radical (unpaired) electrons. The molecule has 0 unspecified atom stereocenters. The van der Waals surface area contributed by atoms with E-state index in [4.69, 9.17) is 0 Å². The van der Waals surface area contributed by atoms with Gasteiger partial charge in [-0.05, 0) is 80.3 Å². The number of amides is 1. The molecule has 2 aromatic rings. The van der Waals surface area contributed by atoms with Gasteiger partial charge in [0.15, 0.2) is 0 Å². The van der Waals surface area contributed by atoms with Crippen molar-refractivity contribution in [2.75, 3.05) is 66.4 Å². The number of fused-ring (bicyclic) bond motifs is 1. The lowest BCUT2D eigenvalue weighted by atomic mass is 9.93. The number of nitrogens with one attached hydrogen (secondary N) is 2. The van der Waals surface area contributed by atoms with Gasteiger partial charge in [-0.2, -0.15) is 0 Å². The maximum Gasteiger partial charge on any atom is 0.257 e. The third kappa shape index (κ3) is 6.19. The zero-order valence-electron chi connectivity index (χ0n) is 24.8. The SMILES string of the molecule is C[C@H](CO)NS(=O)(=O)c1ccc(C(=O)Nc2cc3c(c(N4CCC(F)(F)CC4)c2)N(C)CC3)c(N2CCC3(CC2)CC3)c1. The topological polar surface area (TPSA) is 105 Å². The Hall–Kier alpha value is -2.96. The number of rotatable bonds is 8. The van der Waals surface area contributed by atoms with Gasteiger partial charge in [0.25, 0.3) is 11.8 Å². The third-order valence-corrected chi connectivity index (χ3v) is 11.2. The van der Waals surface area contributed by atoms with Gasteiger partial charge in [-0.3, -0.25) is 4.79 Å². The molecule has 1 amide bonds. The lowest BCUT2D eigenvalue weighted by Crippen LogP contribution is -2.40. The molecule has 0 aromatic heterocycles. The van der Waals surface area contributed by atoms with Gasteiger partial charge in [-0.1, -0.05) is 0 Å². The van der Waals surface area contributed by atoms with Gasteiger partial charge in [0.05, 0.1) is 34.1 Å². The Balaban J connectivity index is 1.31. The van der Waals surface area contributed by atoms with Crippen LogP contribution >= 0.6 is 0 Å². The molecular weight excluding hydrogens is 576 g/mol. The Bertz CT molecular complexity index is 1490. The van der Waals surface area contributed by atoms with Crippen molar-refractivity contribution in [1.82, 2.24) is 4.72 Å². The van der Waals surface area contributed by atoms with Crippen molar-refractivity contribution in [3.8, 4) is 0 Å². The Morgan fingerprint density at radius 3 is 2.26 bits per heavy atom. The molecule has 2 saturated heterocycles. The van der Waals surface area contributed by atoms with Crippen LogP contribution in [0.15, 0.2) is 35.2 Å². The average molecular weight is 618 g/mol. The molecule has 0 bridgehead atoms. The van der Waals surface area contributed by atoms with E-state index in [0.717, 1.165) is 55.8 Å². The Morgan fingerprint density at radius 1 is 0.953 bits per heavy atom. The lowest BCUT2D eigenvalue weighted by Gasteiger charge is -2.36. The summed E-state index contributed by atoms with van der Waals surface area (Å²) in [6.45, 7) is 4.01. The number of hydrogen-bond donors (Lipinski definition) is 3. The van der Waals surface area contributed by atoms with Gasteiger partial charge in [0, 0.05) is 64.3 Å². The van der Waals surface area contributed by atoms with Crippen molar-refractivity contribution in [3.05, 3.63) is 41.5 Å². The van der Waals surface area contributed by atoms with E-state index in [1.54, 1.807) is 19.1 Å². The number of aliphatic hydroxyl groups is 1. The Morgan fingerprint density at radius 2 is 1.60 bits per heavy atom. The van der Waals surface area contributed by atoms with E-state index in [9.17, 15) is 27.1 Å². The highest BCUT2D eigenvalue weighted by atomic mass is 32.2. The molecule has 3 fully saturated rings. The molecule has 43 heavy (non-hydrogen) atoms. The summed E-state index contributed by atoms with van der Waals surface area (Å²) in [5, 5.41) is 12.4. The third-order valence-electron chi connectivity index (χ3n) is 9.64. The fraction of sp³-hybridized carbons (Fsp3) is 0.581. The lowest BCUT2D eigenvalue weighted by molar-refractivity contribution is -0.0220. The van der Waals surface area contributed by atoms with Crippen molar-refractivity contribution in [2.24, 2.45) is 5.41 Å². The second-order valence-corrected chi connectivity index (χ2v) is 14.6. The Labute approximate surface area is 252 Å². The highest BCUT2D eigenvalue weighted by Crippen LogP contribution is 2.54. The largest absolute Gasteiger partial charge is 0.395 e. The van der Waals surface area contributed by atoms with Crippen LogP contribution in [0.25, 0.3) is 0 Å². The highest BCUT2D eigenvalue weighted by Gasteiger charge is 2.45. The van der Waals surface area contributed by atoms with Crippen LogP contribution in [-0.4, -0.2) is 77.8 Å². The van der Waals surface area contributed by atoms with E-state index < -0.39 is 22.0 Å². The molecule has 9 nitrogen and oxygen atoms in total. The monoisotopic (exact) mass is 617 g/mol. The van der Waals surface area contributed by atoms with Gasteiger partial charge in [0.1, 0.15) is 0 Å². The number of sulfonamides is 1. The quantitative estimate of drug-likeness (QED) is 0.408. The average Bonchev–Trinajstić information content (AvgIpc) is 3.62. The van der Waals surface area contributed by atoms with E-state index in [1.807, 2.05) is 24.1 Å². The standard InChI is InChI=1S/C31H41F2N5O4S/c1-21(20-39)35-43(41,42)24-3-4-25(26(19-24)37-13-8-30(6-7-30)9-14-37)29(40)34-23-17-22-5-12-36(2)28(22)27(18-23)38-15-10-31(32,33)11-16-38/h3-4,17-19,21,35,39H,5-16,20H2,1-2H3,(H,34,40)/t21-/m1/s1. The number of halogens is 2. The molecule has 12 heteroatoms. The molecular formula is C31H41F2N5O4S. The number of piperidine rings is 2. The molecule has 1 saturated carbocycles. The van der Waals surface area contributed by atoms with Crippen LogP contribution in [0.5, 0.6) is 0 Å². The first-order chi connectivity index (χ1) is 20.4. The fourth-order valence-electron chi connectivity index (χ4n) is 6.70. The minimum absolute atomic E-state index is 0.0378. The highest BCUT2D eigenvalue weighted by molar-refractivity contribution is 7.89. The minimum atomic E-state index is -3.92. The second-order valence-electron chi connectivity index (χ2n) is 12.8. The number of nitrogens with zero attached hydrogens (tertiary/aromatic N) is 3. The van der Waals surface area contributed by atoms with E-state index in [1.165, 1.54) is 18.9 Å². The molecule has 3 heterocycles. The predicted molar refractivity (Wildman–Crippen MR) is 164 cm³/mol. The van der Waals surface area contributed by atoms with Crippen molar-refractivity contribution in [2.45, 2.75) is 68.7 Å². The summed E-state index contributed by atoms with van der Waals surface area (Å²) in [4.78, 5) is 20.1. The first-order valence-electron chi connectivity index (χ1n) is 15.2. The van der Waals surface area contributed by atoms with Crippen LogP contribution in [-0.2, 0) is 16.4 Å². The molecule has 2 aromatic carbocycles. The molecule has 6 rings (SSSR count). The van der Waals surface area contributed by atoms with Gasteiger partial charge >= 0.3 is 0 Å². The Kier molecular flexibility index (Phi) is 7.83. The second kappa shape index (κ2) is 11.2. The molecule has 3 aliphatic heterocycles. The van der Waals surface area contributed by atoms with Gasteiger partial charge in [-0.15, -0.1) is 0 Å². The smallest absolute Gasteiger partial charge is 0.257 e. The number of hydrogen-bond acceptors (Lipinski definition) is 7. The molecule has 1 aliphatic carbocycles. The number of aliphatic hydroxyl groups excluding tert-OH is 1. The molecule has 1 spiro atoms. The van der Waals surface area contributed by atoms with E-state index in [0.29, 0.717) is 22.4 Å². The molecule has 234 valence electrons. The van der Waals surface area contributed by atoms with Crippen LogP contribution in [0.3, 0.4) is 0 Å².